The van der Waals surface area contributed by atoms with Gasteiger partial charge in [0.1, 0.15) is 12.6 Å². The van der Waals surface area contributed by atoms with Crippen LogP contribution in [0.5, 0.6) is 0 Å². The second kappa shape index (κ2) is 7.23. The zero-order valence-electron chi connectivity index (χ0n) is 9.70. The van der Waals surface area contributed by atoms with Crippen LogP contribution in [0.3, 0.4) is 0 Å². The minimum Gasteiger partial charge on any atom is -0.467 e. The van der Waals surface area contributed by atoms with Crippen LogP contribution in [0.2, 0.25) is 0 Å². The zero-order chi connectivity index (χ0) is 11.8. The van der Waals surface area contributed by atoms with Crippen molar-refractivity contribution in [2.24, 2.45) is 5.92 Å². The van der Waals surface area contributed by atoms with Crippen molar-refractivity contribution in [1.82, 2.24) is 5.32 Å². The van der Waals surface area contributed by atoms with E-state index in [0.29, 0.717) is 0 Å². The molecule has 0 saturated heterocycles. The first-order chi connectivity index (χ1) is 7.06. The van der Waals surface area contributed by atoms with Gasteiger partial charge in [0.15, 0.2) is 0 Å². The molecule has 88 valence electrons. The van der Waals surface area contributed by atoms with E-state index >= 15 is 0 Å². The molecule has 0 fully saturated rings. The summed E-state index contributed by atoms with van der Waals surface area (Å²) in [5.74, 6) is -0.694. The molecule has 15 heavy (non-hydrogen) atoms. The van der Waals surface area contributed by atoms with E-state index in [1.165, 1.54) is 14.2 Å². The lowest BCUT2D eigenvalue weighted by atomic mass is 9.99. The van der Waals surface area contributed by atoms with Crippen molar-refractivity contribution in [3.05, 3.63) is 0 Å². The summed E-state index contributed by atoms with van der Waals surface area (Å²) in [5, 5.41) is 2.58. The van der Waals surface area contributed by atoms with Gasteiger partial charge in [0.25, 0.3) is 0 Å². The summed E-state index contributed by atoms with van der Waals surface area (Å²) in [4.78, 5) is 22.6. The lowest BCUT2D eigenvalue weighted by Crippen LogP contribution is -2.46. The quantitative estimate of drug-likeness (QED) is 0.651. The number of ether oxygens (including phenoxy) is 2. The van der Waals surface area contributed by atoms with Gasteiger partial charge in [0, 0.05) is 7.11 Å². The maximum atomic E-state index is 11.4. The number of amides is 1. The molecule has 0 unspecified atom stereocenters. The first-order valence-corrected chi connectivity index (χ1v) is 4.92. The minimum atomic E-state index is -0.595. The Morgan fingerprint density at radius 1 is 1.33 bits per heavy atom. The number of methoxy groups -OCH3 is 2. The Labute approximate surface area is 90.1 Å². The summed E-state index contributed by atoms with van der Waals surface area (Å²) in [6.45, 7) is 3.78. The third-order valence-electron chi connectivity index (χ3n) is 2.26. The fourth-order valence-electron chi connectivity index (χ4n) is 1.14. The van der Waals surface area contributed by atoms with Gasteiger partial charge in [0.05, 0.1) is 7.11 Å². The molecule has 0 radical (unpaired) electrons. The third kappa shape index (κ3) is 4.78. The number of nitrogens with one attached hydrogen (secondary N) is 1. The molecular formula is C10H19NO4. The fourth-order valence-corrected chi connectivity index (χ4v) is 1.14. The number of rotatable bonds is 6. The van der Waals surface area contributed by atoms with E-state index in [1.807, 2.05) is 13.8 Å². The molecule has 2 atom stereocenters. The van der Waals surface area contributed by atoms with Crippen LogP contribution >= 0.6 is 0 Å². The van der Waals surface area contributed by atoms with Gasteiger partial charge in [-0.2, -0.15) is 0 Å². The summed E-state index contributed by atoms with van der Waals surface area (Å²) >= 11 is 0. The monoisotopic (exact) mass is 217 g/mol. The van der Waals surface area contributed by atoms with Crippen molar-refractivity contribution in [1.29, 1.82) is 0 Å². The molecule has 0 aromatic rings. The number of hydrogen-bond donors (Lipinski definition) is 1. The lowest BCUT2D eigenvalue weighted by Gasteiger charge is -2.21. The number of carbonyl (C=O) groups is 2. The number of carbonyl (C=O) groups excluding carboxylic acids is 2. The standard InChI is InChI=1S/C10H19NO4/c1-5-7(2)9(10(13)15-4)11-8(12)6-14-3/h7,9H,5-6H2,1-4H3,(H,11,12)/t7-,9-/m1/s1. The van der Waals surface area contributed by atoms with Crippen molar-refractivity contribution in [3.63, 3.8) is 0 Å². The van der Waals surface area contributed by atoms with Crippen LogP contribution in [0.1, 0.15) is 20.3 Å². The normalized spacial score (nSPS) is 14.1. The molecule has 5 nitrogen and oxygen atoms in total. The van der Waals surface area contributed by atoms with Crippen LogP contribution in [0, 0.1) is 5.92 Å². The second-order valence-corrected chi connectivity index (χ2v) is 3.39. The minimum absolute atomic E-state index is 0.0401. The molecule has 0 aliphatic heterocycles. The molecule has 0 bridgehead atoms. The van der Waals surface area contributed by atoms with Crippen LogP contribution in [0.25, 0.3) is 0 Å². The number of esters is 1. The number of hydrogen-bond acceptors (Lipinski definition) is 4. The summed E-state index contributed by atoms with van der Waals surface area (Å²) in [5.41, 5.74) is 0. The van der Waals surface area contributed by atoms with Crippen LogP contribution in [-0.2, 0) is 19.1 Å². The summed E-state index contributed by atoms with van der Waals surface area (Å²) in [7, 11) is 2.73. The SMILES string of the molecule is CC[C@@H](C)[C@@H](NC(=O)COC)C(=O)OC. The molecule has 0 saturated carbocycles. The topological polar surface area (TPSA) is 64.6 Å². The van der Waals surface area contributed by atoms with Crippen LogP contribution < -0.4 is 5.32 Å². The maximum Gasteiger partial charge on any atom is 0.328 e. The second-order valence-electron chi connectivity index (χ2n) is 3.39. The van der Waals surface area contributed by atoms with Gasteiger partial charge in [0.2, 0.25) is 5.91 Å². The molecule has 0 aliphatic rings. The van der Waals surface area contributed by atoms with Gasteiger partial charge in [-0.25, -0.2) is 4.79 Å². The van der Waals surface area contributed by atoms with E-state index in [9.17, 15) is 9.59 Å². The lowest BCUT2D eigenvalue weighted by molar-refractivity contribution is -0.147. The van der Waals surface area contributed by atoms with E-state index in [4.69, 9.17) is 0 Å². The molecule has 0 spiro atoms. The predicted molar refractivity (Wildman–Crippen MR) is 55.3 cm³/mol. The summed E-state index contributed by atoms with van der Waals surface area (Å²) in [6.07, 6.45) is 0.785. The summed E-state index contributed by atoms with van der Waals surface area (Å²) < 4.78 is 9.29. The van der Waals surface area contributed by atoms with Gasteiger partial charge >= 0.3 is 5.97 Å². The first-order valence-electron chi connectivity index (χ1n) is 4.92. The van der Waals surface area contributed by atoms with Gasteiger partial charge in [-0.15, -0.1) is 0 Å². The van der Waals surface area contributed by atoms with E-state index in [-0.39, 0.29) is 18.4 Å². The maximum absolute atomic E-state index is 11.4. The van der Waals surface area contributed by atoms with E-state index in [0.717, 1.165) is 6.42 Å². The molecule has 5 heteroatoms. The highest BCUT2D eigenvalue weighted by molar-refractivity contribution is 5.85. The summed E-state index contributed by atoms with van der Waals surface area (Å²) in [6, 6.07) is -0.595. The molecule has 0 aliphatic carbocycles. The van der Waals surface area contributed by atoms with E-state index in [1.54, 1.807) is 0 Å². The first kappa shape index (κ1) is 13.9. The third-order valence-corrected chi connectivity index (χ3v) is 2.26. The average Bonchev–Trinajstić information content (AvgIpc) is 2.24. The van der Waals surface area contributed by atoms with Crippen LogP contribution in [0.15, 0.2) is 0 Å². The Morgan fingerprint density at radius 3 is 2.33 bits per heavy atom. The molecule has 0 rings (SSSR count). The zero-order valence-corrected chi connectivity index (χ0v) is 9.70. The van der Waals surface area contributed by atoms with E-state index in [2.05, 4.69) is 14.8 Å². The van der Waals surface area contributed by atoms with Crippen molar-refractivity contribution in [2.45, 2.75) is 26.3 Å². The Bertz CT molecular complexity index is 217. The van der Waals surface area contributed by atoms with Gasteiger partial charge in [-0.3, -0.25) is 4.79 Å². The van der Waals surface area contributed by atoms with E-state index < -0.39 is 12.0 Å². The fraction of sp³-hybridized carbons (Fsp3) is 0.800. The Hall–Kier alpha value is -1.10. The molecule has 1 N–H and O–H groups in total. The Kier molecular flexibility index (Phi) is 6.70. The van der Waals surface area contributed by atoms with Crippen molar-refractivity contribution < 1.29 is 19.1 Å². The molecule has 0 heterocycles. The van der Waals surface area contributed by atoms with Crippen molar-refractivity contribution in [3.8, 4) is 0 Å². The Morgan fingerprint density at radius 2 is 1.93 bits per heavy atom. The Balaban J connectivity index is 4.37. The van der Waals surface area contributed by atoms with Gasteiger partial charge in [-0.05, 0) is 5.92 Å². The highest BCUT2D eigenvalue weighted by atomic mass is 16.5. The smallest absolute Gasteiger partial charge is 0.328 e. The van der Waals surface area contributed by atoms with Crippen LogP contribution in [0.4, 0.5) is 0 Å². The molecule has 1 amide bonds. The highest BCUT2D eigenvalue weighted by Crippen LogP contribution is 2.08. The van der Waals surface area contributed by atoms with Crippen molar-refractivity contribution in [2.75, 3.05) is 20.8 Å². The van der Waals surface area contributed by atoms with Gasteiger partial charge in [-0.1, -0.05) is 20.3 Å². The largest absolute Gasteiger partial charge is 0.467 e. The molecule has 0 aromatic carbocycles. The highest BCUT2D eigenvalue weighted by Gasteiger charge is 2.26. The average molecular weight is 217 g/mol. The van der Waals surface area contributed by atoms with Gasteiger partial charge < -0.3 is 14.8 Å². The predicted octanol–water partition coefficient (Wildman–Crippen LogP) is 0.337. The molecule has 0 aromatic heterocycles. The van der Waals surface area contributed by atoms with Crippen LogP contribution in [-0.4, -0.2) is 38.7 Å². The molecular weight excluding hydrogens is 198 g/mol. The van der Waals surface area contributed by atoms with Crippen molar-refractivity contribution >= 4 is 11.9 Å².